The molecule has 5 nitrogen and oxygen atoms in total. The summed E-state index contributed by atoms with van der Waals surface area (Å²) in [4.78, 5) is 13.1. The molecule has 0 radical (unpaired) electrons. The number of nitrogens with one attached hydrogen (secondary N) is 1. The molecule has 0 bridgehead atoms. The van der Waals surface area contributed by atoms with Crippen molar-refractivity contribution in [1.29, 1.82) is 0 Å². The van der Waals surface area contributed by atoms with E-state index in [-0.39, 0.29) is 18.6 Å². The Labute approximate surface area is 177 Å². The highest BCUT2D eigenvalue weighted by molar-refractivity contribution is 5.86. The minimum atomic E-state index is -0.782. The Morgan fingerprint density at radius 3 is 2.83 bits per heavy atom. The Bertz CT molecular complexity index is 1040. The third-order valence-electron chi connectivity index (χ3n) is 5.78. The molecule has 2 N–H and O–H groups in total. The van der Waals surface area contributed by atoms with Crippen molar-refractivity contribution in [3.8, 4) is 5.75 Å². The fraction of sp³-hybridized carbons (Fsp3) is 0.320. The molecule has 0 aromatic heterocycles. The molecule has 0 saturated carbocycles. The zero-order chi connectivity index (χ0) is 21.1. The van der Waals surface area contributed by atoms with E-state index in [0.29, 0.717) is 6.42 Å². The molecule has 2 atom stereocenters. The number of aryl methyl sites for hydroxylation is 1. The zero-order valence-electron chi connectivity index (χ0n) is 17.5. The highest BCUT2D eigenvalue weighted by atomic mass is 16.5. The van der Waals surface area contributed by atoms with Crippen molar-refractivity contribution in [3.05, 3.63) is 71.8 Å². The monoisotopic (exact) mass is 404 g/mol. The zero-order valence-corrected chi connectivity index (χ0v) is 17.5. The molecule has 156 valence electrons. The van der Waals surface area contributed by atoms with Crippen LogP contribution in [0.5, 0.6) is 5.75 Å². The number of hydrogen-bond donors (Lipinski definition) is 2. The van der Waals surface area contributed by atoms with Crippen molar-refractivity contribution in [1.82, 2.24) is 5.32 Å². The third kappa shape index (κ3) is 4.41. The van der Waals surface area contributed by atoms with Gasteiger partial charge in [-0.15, -0.1) is 0 Å². The highest BCUT2D eigenvalue weighted by Crippen LogP contribution is 2.34. The average Bonchev–Trinajstić information content (AvgIpc) is 2.75. The van der Waals surface area contributed by atoms with Gasteiger partial charge in [-0.05, 0) is 47.4 Å². The van der Waals surface area contributed by atoms with Gasteiger partial charge in [-0.2, -0.15) is 0 Å². The molecule has 1 aliphatic rings. The van der Waals surface area contributed by atoms with Crippen LogP contribution in [0.4, 0.5) is 5.69 Å². The lowest BCUT2D eigenvalue weighted by Gasteiger charge is -2.35. The van der Waals surface area contributed by atoms with E-state index in [1.54, 1.807) is 0 Å². The van der Waals surface area contributed by atoms with Crippen molar-refractivity contribution in [2.24, 2.45) is 0 Å². The molecule has 1 aliphatic heterocycles. The van der Waals surface area contributed by atoms with Crippen molar-refractivity contribution < 1.29 is 14.6 Å². The van der Waals surface area contributed by atoms with Crippen molar-refractivity contribution in [3.63, 3.8) is 0 Å². The van der Waals surface area contributed by atoms with Gasteiger partial charge in [0.2, 0.25) is 0 Å². The van der Waals surface area contributed by atoms with Crippen LogP contribution in [-0.4, -0.2) is 37.3 Å². The normalized spacial score (nSPS) is 16.7. The number of benzene rings is 3. The summed E-state index contributed by atoms with van der Waals surface area (Å²) in [5, 5.41) is 15.1. The van der Waals surface area contributed by atoms with Crippen LogP contribution in [0.15, 0.2) is 60.7 Å². The predicted molar refractivity (Wildman–Crippen MR) is 120 cm³/mol. The van der Waals surface area contributed by atoms with Gasteiger partial charge in [0.1, 0.15) is 11.9 Å². The first-order valence-corrected chi connectivity index (χ1v) is 10.4. The Morgan fingerprint density at radius 2 is 2.00 bits per heavy atom. The van der Waals surface area contributed by atoms with E-state index in [2.05, 4.69) is 66.7 Å². The third-order valence-corrected chi connectivity index (χ3v) is 5.78. The lowest BCUT2D eigenvalue weighted by atomic mass is 9.99. The fourth-order valence-electron chi connectivity index (χ4n) is 4.15. The molecule has 1 heterocycles. The van der Waals surface area contributed by atoms with Gasteiger partial charge in [-0.1, -0.05) is 48.5 Å². The lowest BCUT2D eigenvalue weighted by molar-refractivity contribution is -0.136. The van der Waals surface area contributed by atoms with Gasteiger partial charge in [-0.25, -0.2) is 0 Å². The minimum absolute atomic E-state index is 0.0228. The van der Waals surface area contributed by atoms with Gasteiger partial charge < -0.3 is 20.1 Å². The SMILES string of the molecule is C[C@@H](NCC1CN(C)c2ccc(CCC(=O)O)cc2O1)c1cccc2ccccc12. The Hall–Kier alpha value is -3.05. The van der Waals surface area contributed by atoms with Gasteiger partial charge in [0.25, 0.3) is 0 Å². The van der Waals surface area contributed by atoms with Crippen LogP contribution < -0.4 is 15.0 Å². The number of carboxylic acids is 1. The summed E-state index contributed by atoms with van der Waals surface area (Å²) in [5.41, 5.74) is 3.32. The first-order valence-electron chi connectivity index (χ1n) is 10.4. The second-order valence-electron chi connectivity index (χ2n) is 8.01. The van der Waals surface area contributed by atoms with E-state index in [1.807, 2.05) is 18.2 Å². The number of ether oxygens (including phenoxy) is 1. The molecular formula is C25H28N2O3. The van der Waals surface area contributed by atoms with Gasteiger partial charge in [0.15, 0.2) is 0 Å². The Morgan fingerprint density at radius 1 is 1.20 bits per heavy atom. The fourth-order valence-corrected chi connectivity index (χ4v) is 4.15. The van der Waals surface area contributed by atoms with Crippen LogP contribution >= 0.6 is 0 Å². The molecule has 0 aliphatic carbocycles. The highest BCUT2D eigenvalue weighted by Gasteiger charge is 2.24. The summed E-state index contributed by atoms with van der Waals surface area (Å²) in [6, 6.07) is 21.1. The first kappa shape index (κ1) is 20.2. The summed E-state index contributed by atoms with van der Waals surface area (Å²) < 4.78 is 6.27. The number of aliphatic carboxylic acids is 1. The van der Waals surface area contributed by atoms with Crippen LogP contribution in [0.25, 0.3) is 10.8 Å². The van der Waals surface area contributed by atoms with Gasteiger partial charge in [-0.3, -0.25) is 4.79 Å². The van der Waals surface area contributed by atoms with Crippen LogP contribution in [-0.2, 0) is 11.2 Å². The largest absolute Gasteiger partial charge is 0.485 e. The lowest BCUT2D eigenvalue weighted by Crippen LogP contribution is -2.44. The molecule has 0 saturated heterocycles. The summed E-state index contributed by atoms with van der Waals surface area (Å²) in [7, 11) is 2.07. The van der Waals surface area contributed by atoms with E-state index < -0.39 is 5.97 Å². The smallest absolute Gasteiger partial charge is 0.303 e. The quantitative estimate of drug-likeness (QED) is 0.611. The molecule has 5 heteroatoms. The topological polar surface area (TPSA) is 61.8 Å². The van der Waals surface area contributed by atoms with Gasteiger partial charge in [0, 0.05) is 26.1 Å². The molecule has 4 rings (SSSR count). The van der Waals surface area contributed by atoms with Crippen LogP contribution in [0.1, 0.15) is 30.5 Å². The summed E-state index contributed by atoms with van der Waals surface area (Å²) in [5.74, 6) is 0.0477. The van der Waals surface area contributed by atoms with E-state index in [1.165, 1.54) is 16.3 Å². The number of anilines is 1. The molecule has 0 amide bonds. The summed E-state index contributed by atoms with van der Waals surface area (Å²) in [6.45, 7) is 3.72. The van der Waals surface area contributed by atoms with Gasteiger partial charge >= 0.3 is 5.97 Å². The van der Waals surface area contributed by atoms with E-state index >= 15 is 0 Å². The first-order chi connectivity index (χ1) is 14.5. The predicted octanol–water partition coefficient (Wildman–Crippen LogP) is 4.41. The van der Waals surface area contributed by atoms with E-state index in [4.69, 9.17) is 9.84 Å². The number of carboxylic acid groups (broad SMARTS) is 1. The maximum atomic E-state index is 10.9. The van der Waals surface area contributed by atoms with Crippen molar-refractivity contribution >= 4 is 22.4 Å². The Balaban J connectivity index is 1.43. The van der Waals surface area contributed by atoms with E-state index in [9.17, 15) is 4.79 Å². The molecular weight excluding hydrogens is 376 g/mol. The molecule has 0 spiro atoms. The van der Waals surface area contributed by atoms with Crippen molar-refractivity contribution in [2.75, 3.05) is 25.0 Å². The van der Waals surface area contributed by atoms with Crippen LogP contribution in [0.3, 0.4) is 0 Å². The van der Waals surface area contributed by atoms with E-state index in [0.717, 1.165) is 30.1 Å². The number of likely N-dealkylation sites (N-methyl/N-ethyl adjacent to an activating group) is 1. The Kier molecular flexibility index (Phi) is 5.91. The number of fused-ring (bicyclic) bond motifs is 2. The number of carbonyl (C=O) groups is 1. The number of hydrogen-bond acceptors (Lipinski definition) is 4. The maximum absolute atomic E-state index is 10.9. The average molecular weight is 405 g/mol. The molecule has 3 aromatic rings. The minimum Gasteiger partial charge on any atom is -0.485 e. The number of rotatable bonds is 7. The van der Waals surface area contributed by atoms with Crippen LogP contribution in [0.2, 0.25) is 0 Å². The molecule has 1 unspecified atom stereocenters. The van der Waals surface area contributed by atoms with Gasteiger partial charge in [0.05, 0.1) is 12.2 Å². The maximum Gasteiger partial charge on any atom is 0.303 e. The molecule has 0 fully saturated rings. The second kappa shape index (κ2) is 8.76. The summed E-state index contributed by atoms with van der Waals surface area (Å²) >= 11 is 0. The molecule has 3 aromatic carbocycles. The number of nitrogens with zero attached hydrogens (tertiary/aromatic N) is 1. The molecule has 30 heavy (non-hydrogen) atoms. The summed E-state index contributed by atoms with van der Waals surface area (Å²) in [6.07, 6.45) is 0.661. The van der Waals surface area contributed by atoms with Crippen LogP contribution in [0, 0.1) is 0 Å². The second-order valence-corrected chi connectivity index (χ2v) is 8.01. The van der Waals surface area contributed by atoms with Crippen molar-refractivity contribution in [2.45, 2.75) is 31.9 Å². The standard InChI is InChI=1S/C25H28N2O3/c1-17(21-9-5-7-19-6-3-4-8-22(19)21)26-15-20-16-27(2)23-12-10-18(11-13-25(28)29)14-24(23)30-20/h3-10,12,14,17,20,26H,11,13,15-16H2,1-2H3,(H,28,29)/t17-,20?/m1/s1.